The van der Waals surface area contributed by atoms with E-state index in [-0.39, 0.29) is 12.1 Å². The van der Waals surface area contributed by atoms with Crippen LogP contribution in [-0.4, -0.2) is 28.3 Å². The Morgan fingerprint density at radius 2 is 2.20 bits per heavy atom. The number of rotatable bonds is 4. The largest absolute Gasteiger partial charge is 0.391 e. The van der Waals surface area contributed by atoms with E-state index in [1.165, 1.54) is 0 Å². The molecule has 0 unspecified atom stereocenters. The van der Waals surface area contributed by atoms with E-state index >= 15 is 0 Å². The Morgan fingerprint density at radius 3 is 2.95 bits per heavy atom. The van der Waals surface area contributed by atoms with Crippen molar-refractivity contribution in [1.82, 2.24) is 15.6 Å². The minimum atomic E-state index is -0.415. The van der Waals surface area contributed by atoms with Gasteiger partial charge in [0.15, 0.2) is 0 Å². The van der Waals surface area contributed by atoms with Gasteiger partial charge in [0.05, 0.1) is 12.1 Å². The first-order chi connectivity index (χ1) is 9.70. The van der Waals surface area contributed by atoms with Crippen LogP contribution in [0.1, 0.15) is 43.7 Å². The number of aromatic nitrogens is 1. The number of carbonyl (C=O) groups is 1. The molecule has 0 radical (unpaired) electrons. The number of aryl methyl sites for hydroxylation is 1. The number of nitrogens with zero attached hydrogens (tertiary/aromatic N) is 1. The van der Waals surface area contributed by atoms with Crippen LogP contribution >= 0.6 is 0 Å². The molecule has 0 spiro atoms. The van der Waals surface area contributed by atoms with Crippen molar-refractivity contribution >= 4 is 6.03 Å². The molecule has 20 heavy (non-hydrogen) atoms. The average molecular weight is 277 g/mol. The summed E-state index contributed by atoms with van der Waals surface area (Å²) in [5.74, 6) is 0. The zero-order valence-electron chi connectivity index (χ0n) is 11.9. The average Bonchev–Trinajstić information content (AvgIpc) is 2.48. The van der Waals surface area contributed by atoms with Gasteiger partial charge in [-0.25, -0.2) is 4.79 Å². The number of amides is 2. The summed E-state index contributed by atoms with van der Waals surface area (Å²) in [6.07, 6.45) is 7.78. The maximum absolute atomic E-state index is 11.9. The summed E-state index contributed by atoms with van der Waals surface area (Å²) >= 11 is 0. The van der Waals surface area contributed by atoms with Crippen molar-refractivity contribution in [2.45, 2.75) is 57.7 Å². The topological polar surface area (TPSA) is 74.2 Å². The van der Waals surface area contributed by atoms with Crippen molar-refractivity contribution in [3.8, 4) is 0 Å². The summed E-state index contributed by atoms with van der Waals surface area (Å²) in [5.41, 5.74) is 2.23. The molecule has 0 bridgehead atoms. The molecule has 3 N–H and O–H groups in total. The number of nitrogens with one attached hydrogen (secondary N) is 2. The molecule has 1 fully saturated rings. The van der Waals surface area contributed by atoms with Gasteiger partial charge in [-0.2, -0.15) is 0 Å². The lowest BCUT2D eigenvalue weighted by molar-refractivity contribution is 0.0943. The van der Waals surface area contributed by atoms with E-state index in [1.54, 1.807) is 6.20 Å². The van der Waals surface area contributed by atoms with E-state index < -0.39 is 6.10 Å². The number of carbonyl (C=O) groups excluding carboxylic acids is 1. The number of urea groups is 1. The molecule has 0 saturated heterocycles. The van der Waals surface area contributed by atoms with Crippen LogP contribution in [0.3, 0.4) is 0 Å². The number of pyridine rings is 1. The van der Waals surface area contributed by atoms with Gasteiger partial charge in [-0.15, -0.1) is 0 Å². The molecule has 2 rings (SSSR count). The van der Waals surface area contributed by atoms with Crippen molar-refractivity contribution in [3.63, 3.8) is 0 Å². The molecule has 5 heteroatoms. The summed E-state index contributed by atoms with van der Waals surface area (Å²) in [7, 11) is 0. The van der Waals surface area contributed by atoms with E-state index in [9.17, 15) is 9.90 Å². The Balaban J connectivity index is 1.82. The van der Waals surface area contributed by atoms with E-state index in [4.69, 9.17) is 0 Å². The molecule has 1 aromatic rings. The fourth-order valence-corrected chi connectivity index (χ4v) is 2.62. The predicted octanol–water partition coefficient (Wildman–Crippen LogP) is 1.75. The SMILES string of the molecule is CCc1cnccc1CNC(=O)N[C@@H]1CCCC[C@H]1O. The van der Waals surface area contributed by atoms with Gasteiger partial charge in [0, 0.05) is 18.9 Å². The van der Waals surface area contributed by atoms with Gasteiger partial charge >= 0.3 is 6.03 Å². The first-order valence-corrected chi connectivity index (χ1v) is 7.35. The normalized spacial score (nSPS) is 22.3. The molecule has 1 aliphatic rings. The molecule has 1 saturated carbocycles. The Morgan fingerprint density at radius 1 is 1.40 bits per heavy atom. The highest BCUT2D eigenvalue weighted by atomic mass is 16.3. The minimum Gasteiger partial charge on any atom is -0.391 e. The lowest BCUT2D eigenvalue weighted by Gasteiger charge is -2.28. The number of hydrogen-bond acceptors (Lipinski definition) is 3. The van der Waals surface area contributed by atoms with E-state index in [0.29, 0.717) is 6.54 Å². The van der Waals surface area contributed by atoms with Gasteiger partial charge in [-0.05, 0) is 36.5 Å². The van der Waals surface area contributed by atoms with E-state index in [1.807, 2.05) is 12.3 Å². The highest BCUT2D eigenvalue weighted by Gasteiger charge is 2.24. The van der Waals surface area contributed by atoms with Crippen molar-refractivity contribution in [1.29, 1.82) is 0 Å². The van der Waals surface area contributed by atoms with Crippen LogP contribution in [0.2, 0.25) is 0 Å². The smallest absolute Gasteiger partial charge is 0.315 e. The molecule has 110 valence electrons. The van der Waals surface area contributed by atoms with Gasteiger partial charge < -0.3 is 15.7 Å². The zero-order chi connectivity index (χ0) is 14.4. The van der Waals surface area contributed by atoms with Crippen LogP contribution in [0.15, 0.2) is 18.5 Å². The quantitative estimate of drug-likeness (QED) is 0.785. The second-order valence-corrected chi connectivity index (χ2v) is 5.28. The second-order valence-electron chi connectivity index (χ2n) is 5.28. The molecule has 2 atom stereocenters. The van der Waals surface area contributed by atoms with Crippen molar-refractivity contribution in [2.75, 3.05) is 0 Å². The van der Waals surface area contributed by atoms with Gasteiger partial charge in [0.2, 0.25) is 0 Å². The van der Waals surface area contributed by atoms with Gasteiger partial charge in [-0.1, -0.05) is 19.8 Å². The molecule has 0 aliphatic heterocycles. The molecule has 5 nitrogen and oxygen atoms in total. The van der Waals surface area contributed by atoms with Crippen molar-refractivity contribution < 1.29 is 9.90 Å². The summed E-state index contributed by atoms with van der Waals surface area (Å²) in [6.45, 7) is 2.55. The first kappa shape index (κ1) is 14.8. The number of aliphatic hydroxyl groups excluding tert-OH is 1. The predicted molar refractivity (Wildman–Crippen MR) is 77.2 cm³/mol. The highest BCUT2D eigenvalue weighted by molar-refractivity contribution is 5.74. The highest BCUT2D eigenvalue weighted by Crippen LogP contribution is 2.18. The monoisotopic (exact) mass is 277 g/mol. The summed E-state index contributed by atoms with van der Waals surface area (Å²) in [6, 6.07) is 1.59. The fraction of sp³-hybridized carbons (Fsp3) is 0.600. The lowest BCUT2D eigenvalue weighted by Crippen LogP contribution is -2.48. The Hall–Kier alpha value is -1.62. The fourth-order valence-electron chi connectivity index (χ4n) is 2.62. The van der Waals surface area contributed by atoms with Crippen LogP contribution < -0.4 is 10.6 Å². The lowest BCUT2D eigenvalue weighted by atomic mass is 9.93. The Bertz CT molecular complexity index is 450. The van der Waals surface area contributed by atoms with Gasteiger partial charge in [0.25, 0.3) is 0 Å². The Kier molecular flexibility index (Phi) is 5.35. The van der Waals surface area contributed by atoms with E-state index in [0.717, 1.165) is 43.2 Å². The minimum absolute atomic E-state index is 0.119. The summed E-state index contributed by atoms with van der Waals surface area (Å²) in [4.78, 5) is 16.0. The maximum Gasteiger partial charge on any atom is 0.315 e. The summed E-state index contributed by atoms with van der Waals surface area (Å²) in [5, 5.41) is 15.5. The molecule has 1 aliphatic carbocycles. The zero-order valence-corrected chi connectivity index (χ0v) is 11.9. The number of aliphatic hydroxyl groups is 1. The van der Waals surface area contributed by atoms with Gasteiger partial charge in [-0.3, -0.25) is 4.98 Å². The van der Waals surface area contributed by atoms with E-state index in [2.05, 4.69) is 22.5 Å². The molecular formula is C15H23N3O2. The first-order valence-electron chi connectivity index (χ1n) is 7.35. The number of hydrogen-bond donors (Lipinski definition) is 3. The third-order valence-corrected chi connectivity index (χ3v) is 3.87. The van der Waals surface area contributed by atoms with Crippen LogP contribution in [0.25, 0.3) is 0 Å². The molecule has 1 aromatic heterocycles. The maximum atomic E-state index is 11.9. The van der Waals surface area contributed by atoms with Crippen molar-refractivity contribution in [3.05, 3.63) is 29.6 Å². The molecule has 2 amide bonds. The Labute approximate surface area is 119 Å². The molecule has 0 aromatic carbocycles. The third-order valence-electron chi connectivity index (χ3n) is 3.87. The standard InChI is InChI=1S/C15H23N3O2/c1-2-11-9-16-8-7-12(11)10-17-15(20)18-13-5-3-4-6-14(13)19/h7-9,13-14,19H,2-6,10H2,1H3,(H2,17,18,20)/t13-,14-/m1/s1. The second kappa shape index (κ2) is 7.24. The van der Waals surface area contributed by atoms with Crippen LogP contribution in [0.5, 0.6) is 0 Å². The molecular weight excluding hydrogens is 254 g/mol. The van der Waals surface area contributed by atoms with Crippen molar-refractivity contribution in [2.24, 2.45) is 0 Å². The van der Waals surface area contributed by atoms with Gasteiger partial charge in [0.1, 0.15) is 0 Å². The summed E-state index contributed by atoms with van der Waals surface area (Å²) < 4.78 is 0. The van der Waals surface area contributed by atoms with Crippen LogP contribution in [0.4, 0.5) is 4.79 Å². The third kappa shape index (κ3) is 3.93. The molecule has 1 heterocycles. The van der Waals surface area contributed by atoms with Crippen LogP contribution in [0, 0.1) is 0 Å². The van der Waals surface area contributed by atoms with Crippen LogP contribution in [-0.2, 0) is 13.0 Å².